The summed E-state index contributed by atoms with van der Waals surface area (Å²) >= 11 is 1.33. The molecule has 6 heteroatoms. The molecule has 1 heterocycles. The minimum Gasteiger partial charge on any atom is -0.443 e. The first-order valence-corrected chi connectivity index (χ1v) is 8.74. The van der Waals surface area contributed by atoms with Gasteiger partial charge in [0, 0.05) is 10.5 Å². The molecule has 1 fully saturated rings. The monoisotopic (exact) mass is 365 g/mol. The molecule has 1 amide bonds. The average Bonchev–Trinajstić information content (AvgIpc) is 2.95. The van der Waals surface area contributed by atoms with Crippen LogP contribution in [0.1, 0.15) is 26.3 Å². The molecular weight excluding hydrogens is 346 g/mol. The van der Waals surface area contributed by atoms with E-state index in [-0.39, 0.29) is 5.57 Å². The maximum Gasteiger partial charge on any atom is 0.415 e. The molecule has 0 atom stereocenters. The summed E-state index contributed by atoms with van der Waals surface area (Å²) in [6.07, 6.45) is 1.18. The van der Waals surface area contributed by atoms with E-state index in [1.165, 1.54) is 16.7 Å². The Morgan fingerprint density at radius 3 is 2.42 bits per heavy atom. The average molecular weight is 365 g/mol. The molecule has 1 aliphatic heterocycles. The van der Waals surface area contributed by atoms with Crippen molar-refractivity contribution in [3.63, 3.8) is 0 Å². The van der Waals surface area contributed by atoms with Gasteiger partial charge < -0.3 is 4.74 Å². The number of benzene rings is 1. The van der Waals surface area contributed by atoms with E-state index in [2.05, 4.69) is 6.58 Å². The Labute approximate surface area is 157 Å². The molecule has 0 saturated carbocycles. The number of carbonyl (C=O) groups is 1. The van der Waals surface area contributed by atoms with Crippen molar-refractivity contribution in [2.75, 3.05) is 6.54 Å². The Kier molecular flexibility index (Phi) is 5.92. The van der Waals surface area contributed by atoms with E-state index in [0.29, 0.717) is 17.1 Å². The van der Waals surface area contributed by atoms with E-state index in [9.17, 15) is 15.3 Å². The highest BCUT2D eigenvalue weighted by Crippen LogP contribution is 2.39. The largest absolute Gasteiger partial charge is 0.443 e. The maximum absolute atomic E-state index is 12.5. The van der Waals surface area contributed by atoms with E-state index in [4.69, 9.17) is 4.74 Å². The first kappa shape index (κ1) is 19.4. The van der Waals surface area contributed by atoms with Crippen molar-refractivity contribution in [2.45, 2.75) is 26.4 Å². The first-order chi connectivity index (χ1) is 12.2. The molecule has 1 aromatic carbocycles. The lowest BCUT2D eigenvalue weighted by atomic mass is 10.0. The van der Waals surface area contributed by atoms with Crippen LogP contribution < -0.4 is 0 Å². The molecule has 0 aromatic heterocycles. The van der Waals surface area contributed by atoms with Crippen molar-refractivity contribution >= 4 is 23.4 Å². The lowest BCUT2D eigenvalue weighted by Gasteiger charge is -2.24. The third kappa shape index (κ3) is 4.78. The zero-order valence-corrected chi connectivity index (χ0v) is 15.8. The lowest BCUT2D eigenvalue weighted by molar-refractivity contribution is 0.0350. The van der Waals surface area contributed by atoms with Gasteiger partial charge in [-0.05, 0) is 32.4 Å². The highest BCUT2D eigenvalue weighted by molar-refractivity contribution is 8.07. The molecular formula is C20H19N3O2S. The number of rotatable bonds is 2. The summed E-state index contributed by atoms with van der Waals surface area (Å²) in [6, 6.07) is 13.0. The second kappa shape index (κ2) is 7.95. The highest BCUT2D eigenvalue weighted by atomic mass is 32.2. The van der Waals surface area contributed by atoms with Crippen molar-refractivity contribution in [3.05, 3.63) is 64.1 Å². The molecule has 1 aromatic rings. The molecule has 0 aliphatic carbocycles. The quantitative estimate of drug-likeness (QED) is 0.702. The Morgan fingerprint density at radius 1 is 1.27 bits per heavy atom. The van der Waals surface area contributed by atoms with Crippen LogP contribution in [0.4, 0.5) is 4.79 Å². The molecule has 26 heavy (non-hydrogen) atoms. The molecule has 5 nitrogen and oxygen atoms in total. The van der Waals surface area contributed by atoms with Crippen LogP contribution in [0, 0.1) is 22.7 Å². The van der Waals surface area contributed by atoms with Crippen molar-refractivity contribution < 1.29 is 9.53 Å². The third-order valence-corrected chi connectivity index (χ3v) is 4.27. The number of nitriles is 2. The lowest BCUT2D eigenvalue weighted by Crippen LogP contribution is -2.34. The summed E-state index contributed by atoms with van der Waals surface area (Å²) < 4.78 is 5.45. The van der Waals surface area contributed by atoms with Crippen LogP contribution in [0.25, 0.3) is 5.57 Å². The number of ether oxygens (including phenoxy) is 1. The second-order valence-corrected chi connectivity index (χ2v) is 7.77. The fraction of sp³-hybridized carbons (Fsp3) is 0.250. The van der Waals surface area contributed by atoms with Gasteiger partial charge >= 0.3 is 6.09 Å². The maximum atomic E-state index is 12.5. The Morgan fingerprint density at radius 2 is 1.88 bits per heavy atom. The molecule has 2 rings (SSSR count). The van der Waals surface area contributed by atoms with Crippen LogP contribution in [-0.4, -0.2) is 23.1 Å². The molecule has 0 N–H and O–H groups in total. The third-order valence-electron chi connectivity index (χ3n) is 3.31. The normalized spacial score (nSPS) is 15.3. The van der Waals surface area contributed by atoms with Gasteiger partial charge in [0.15, 0.2) is 0 Å². The van der Waals surface area contributed by atoms with Crippen molar-refractivity contribution in [3.8, 4) is 12.1 Å². The van der Waals surface area contributed by atoms with Gasteiger partial charge in [0.1, 0.15) is 23.3 Å². The summed E-state index contributed by atoms with van der Waals surface area (Å²) in [5, 5.41) is 19.2. The van der Waals surface area contributed by atoms with Crippen molar-refractivity contribution in [2.24, 2.45) is 0 Å². The topological polar surface area (TPSA) is 77.1 Å². The van der Waals surface area contributed by atoms with E-state index < -0.39 is 11.7 Å². The second-order valence-electron chi connectivity index (χ2n) is 6.57. The minimum absolute atomic E-state index is 0.0223. The SMILES string of the molecule is C=C1CN(C(=O)OC(C)(C)C)/C(=C\C(=C(C#N)C#N)c2ccccc2)S1. The summed E-state index contributed by atoms with van der Waals surface area (Å²) in [6.45, 7) is 9.64. The zero-order chi connectivity index (χ0) is 19.3. The molecule has 0 spiro atoms. The van der Waals surface area contributed by atoms with E-state index in [1.807, 2.05) is 42.5 Å². The van der Waals surface area contributed by atoms with Crippen LogP contribution in [0.5, 0.6) is 0 Å². The first-order valence-electron chi connectivity index (χ1n) is 7.93. The number of carbonyl (C=O) groups excluding carboxylic acids is 1. The van der Waals surface area contributed by atoms with Crippen molar-refractivity contribution in [1.82, 2.24) is 4.90 Å². The Bertz CT molecular complexity index is 849. The summed E-state index contributed by atoms with van der Waals surface area (Å²) in [5.41, 5.74) is 0.534. The predicted molar refractivity (Wildman–Crippen MR) is 102 cm³/mol. The number of hydrogen-bond donors (Lipinski definition) is 0. The number of allylic oxidation sites excluding steroid dienone is 3. The van der Waals surface area contributed by atoms with Gasteiger partial charge in [0.2, 0.25) is 0 Å². The van der Waals surface area contributed by atoms with Crippen LogP contribution in [0.15, 0.2) is 58.5 Å². The standard InChI is InChI=1S/C20H19N3O2S/c1-14-13-23(19(24)25-20(2,3)4)18(26-14)10-17(16(11-21)12-22)15-8-6-5-7-9-15/h5-10H,1,13H2,2-4H3/b18-10+. The minimum atomic E-state index is -0.626. The van der Waals surface area contributed by atoms with E-state index >= 15 is 0 Å². The fourth-order valence-electron chi connectivity index (χ4n) is 2.25. The molecule has 132 valence electrons. The van der Waals surface area contributed by atoms with Gasteiger partial charge in [-0.15, -0.1) is 0 Å². The van der Waals surface area contributed by atoms with Crippen LogP contribution in [0.2, 0.25) is 0 Å². The van der Waals surface area contributed by atoms with Crippen molar-refractivity contribution in [1.29, 1.82) is 10.5 Å². The van der Waals surface area contributed by atoms with Gasteiger partial charge in [0.25, 0.3) is 0 Å². The van der Waals surface area contributed by atoms with Crippen LogP contribution >= 0.6 is 11.8 Å². The van der Waals surface area contributed by atoms with E-state index in [0.717, 1.165) is 10.5 Å². The molecule has 0 bridgehead atoms. The number of thioether (sulfide) groups is 1. The Hall–Kier alpha value is -2.96. The summed E-state index contributed by atoms with van der Waals surface area (Å²) in [7, 11) is 0. The number of nitrogens with zero attached hydrogens (tertiary/aromatic N) is 3. The smallest absolute Gasteiger partial charge is 0.415 e. The van der Waals surface area contributed by atoms with Crippen LogP contribution in [0.3, 0.4) is 0 Å². The van der Waals surface area contributed by atoms with Gasteiger partial charge in [-0.25, -0.2) is 4.79 Å². The predicted octanol–water partition coefficient (Wildman–Crippen LogP) is 4.83. The van der Waals surface area contributed by atoms with Gasteiger partial charge in [-0.1, -0.05) is 48.7 Å². The molecule has 0 radical (unpaired) electrons. The zero-order valence-electron chi connectivity index (χ0n) is 14.9. The number of hydrogen-bond acceptors (Lipinski definition) is 5. The van der Waals surface area contributed by atoms with Gasteiger partial charge in [-0.2, -0.15) is 10.5 Å². The molecule has 0 unspecified atom stereocenters. The number of amides is 1. The molecule has 1 saturated heterocycles. The van der Waals surface area contributed by atoms with E-state index in [1.54, 1.807) is 26.8 Å². The fourth-order valence-corrected chi connectivity index (χ4v) is 3.17. The Balaban J connectivity index is 2.50. The highest BCUT2D eigenvalue weighted by Gasteiger charge is 2.31. The summed E-state index contributed by atoms with van der Waals surface area (Å²) in [4.78, 5) is 14.8. The van der Waals surface area contributed by atoms with Gasteiger partial charge in [0.05, 0.1) is 11.6 Å². The van der Waals surface area contributed by atoms with Gasteiger partial charge in [-0.3, -0.25) is 4.90 Å². The van der Waals surface area contributed by atoms with Crippen LogP contribution in [-0.2, 0) is 4.74 Å². The molecule has 1 aliphatic rings. The summed E-state index contributed by atoms with van der Waals surface area (Å²) in [5.74, 6) is 0.